The van der Waals surface area contributed by atoms with Gasteiger partial charge in [0.2, 0.25) is 0 Å². The second-order valence-corrected chi connectivity index (χ2v) is 15.1. The van der Waals surface area contributed by atoms with Crippen molar-refractivity contribution in [3.05, 3.63) is 212 Å². The molecule has 294 valence electrons. The van der Waals surface area contributed by atoms with Gasteiger partial charge in [0.25, 0.3) is 0 Å². The molecule has 0 bridgehead atoms. The summed E-state index contributed by atoms with van der Waals surface area (Å²) in [6, 6.07) is 68.0. The lowest BCUT2D eigenvalue weighted by Crippen LogP contribution is -2.01. The Morgan fingerprint density at radius 1 is 0.210 bits per heavy atom. The Balaban J connectivity index is 1.08. The first-order valence-corrected chi connectivity index (χ1v) is 20.6. The maximum absolute atomic E-state index is 5.11. The number of aromatic nitrogens is 7. The van der Waals surface area contributed by atoms with Crippen LogP contribution in [0.25, 0.3) is 102 Å². The molecule has 7 aromatic carbocycles. The Labute approximate surface area is 360 Å². The molecule has 0 N–H and O–H groups in total. The Bertz CT molecular complexity index is 3040. The summed E-state index contributed by atoms with van der Waals surface area (Å²) in [6.07, 6.45) is 0. The standard InChI is InChI=1S/C55H39N7/c1-36-33-45(34-37(2)56-36)49-35-44(38-27-29-43(30-28-38)54-58-50(39-17-7-3-8-18-39)57-51(59-54)40-19-9-4-10-20-40)31-32-47(49)46-25-15-16-26-48(46)55-61-52(41-21-11-5-12-22-41)60-53(62-55)42-23-13-6-14-24-42/h3-35H,1-2H3. The number of hydrogen-bond donors (Lipinski definition) is 0. The van der Waals surface area contributed by atoms with Crippen molar-refractivity contribution in [2.75, 3.05) is 0 Å². The molecular weight excluding hydrogens is 759 g/mol. The van der Waals surface area contributed by atoms with Gasteiger partial charge in [-0.3, -0.25) is 4.98 Å². The summed E-state index contributed by atoms with van der Waals surface area (Å²) >= 11 is 0. The highest BCUT2D eigenvalue weighted by Gasteiger charge is 2.19. The minimum atomic E-state index is 0.602. The van der Waals surface area contributed by atoms with Crippen LogP contribution >= 0.6 is 0 Å². The molecule has 3 heterocycles. The van der Waals surface area contributed by atoms with Gasteiger partial charge in [-0.05, 0) is 65.4 Å². The van der Waals surface area contributed by atoms with Crippen molar-refractivity contribution in [1.29, 1.82) is 0 Å². The second kappa shape index (κ2) is 16.8. The summed E-state index contributed by atoms with van der Waals surface area (Å²) in [7, 11) is 0. The minimum absolute atomic E-state index is 0.602. The molecule has 0 radical (unpaired) electrons. The van der Waals surface area contributed by atoms with Crippen LogP contribution < -0.4 is 0 Å². The van der Waals surface area contributed by atoms with Gasteiger partial charge in [-0.1, -0.05) is 182 Å². The molecule has 3 aromatic heterocycles. The number of benzene rings is 7. The van der Waals surface area contributed by atoms with Gasteiger partial charge in [-0.25, -0.2) is 29.9 Å². The summed E-state index contributed by atoms with van der Waals surface area (Å²) < 4.78 is 0. The van der Waals surface area contributed by atoms with Gasteiger partial charge >= 0.3 is 0 Å². The highest BCUT2D eigenvalue weighted by molar-refractivity contribution is 5.93. The third-order valence-electron chi connectivity index (χ3n) is 10.7. The number of hydrogen-bond acceptors (Lipinski definition) is 7. The van der Waals surface area contributed by atoms with Crippen molar-refractivity contribution in [3.8, 4) is 102 Å². The maximum atomic E-state index is 5.11. The average molecular weight is 798 g/mol. The summed E-state index contributed by atoms with van der Waals surface area (Å²) in [4.78, 5) is 34.7. The molecular formula is C55H39N7. The molecule has 10 rings (SSSR count). The fraction of sp³-hybridized carbons (Fsp3) is 0.0364. The van der Waals surface area contributed by atoms with E-state index >= 15 is 0 Å². The van der Waals surface area contributed by atoms with Crippen LogP contribution in [0.5, 0.6) is 0 Å². The van der Waals surface area contributed by atoms with Gasteiger partial charge in [0.15, 0.2) is 34.9 Å². The fourth-order valence-electron chi connectivity index (χ4n) is 7.78. The molecule has 7 nitrogen and oxygen atoms in total. The minimum Gasteiger partial charge on any atom is -0.258 e. The van der Waals surface area contributed by atoms with Gasteiger partial charge in [0, 0.05) is 44.8 Å². The lowest BCUT2D eigenvalue weighted by atomic mass is 9.88. The van der Waals surface area contributed by atoms with E-state index in [9.17, 15) is 0 Å². The smallest absolute Gasteiger partial charge is 0.164 e. The van der Waals surface area contributed by atoms with Crippen LogP contribution in [0.1, 0.15) is 11.4 Å². The van der Waals surface area contributed by atoms with E-state index in [1.54, 1.807) is 0 Å². The molecule has 62 heavy (non-hydrogen) atoms. The second-order valence-electron chi connectivity index (χ2n) is 15.1. The molecule has 0 saturated carbocycles. The van der Waals surface area contributed by atoms with Gasteiger partial charge in [-0.15, -0.1) is 0 Å². The normalized spacial score (nSPS) is 11.1. The quantitative estimate of drug-likeness (QED) is 0.144. The molecule has 7 heteroatoms. The highest BCUT2D eigenvalue weighted by atomic mass is 15.0. The fourth-order valence-corrected chi connectivity index (χ4v) is 7.78. The van der Waals surface area contributed by atoms with E-state index in [2.05, 4.69) is 72.8 Å². The first kappa shape index (κ1) is 37.9. The predicted octanol–water partition coefficient (Wildman–Crippen LogP) is 13.1. The lowest BCUT2D eigenvalue weighted by Gasteiger charge is -2.17. The first-order valence-electron chi connectivity index (χ1n) is 20.6. The zero-order valence-corrected chi connectivity index (χ0v) is 34.2. The SMILES string of the molecule is Cc1cc(-c2cc(-c3ccc(-c4nc(-c5ccccc5)nc(-c5ccccc5)n4)cc3)ccc2-c2ccccc2-c2nc(-c3ccccc3)nc(-c3ccccc3)n2)cc(C)n1. The third kappa shape index (κ3) is 7.90. The van der Waals surface area contributed by atoms with Crippen LogP contribution in [0.3, 0.4) is 0 Å². The van der Waals surface area contributed by atoms with Crippen LogP contribution in [-0.4, -0.2) is 34.9 Å². The van der Waals surface area contributed by atoms with E-state index in [4.69, 9.17) is 34.9 Å². The Morgan fingerprint density at radius 3 is 0.968 bits per heavy atom. The number of aryl methyl sites for hydroxylation is 2. The van der Waals surface area contributed by atoms with Gasteiger partial charge in [0.05, 0.1) is 0 Å². The van der Waals surface area contributed by atoms with Crippen LogP contribution in [0.4, 0.5) is 0 Å². The van der Waals surface area contributed by atoms with E-state index in [0.29, 0.717) is 34.9 Å². The van der Waals surface area contributed by atoms with Gasteiger partial charge in [-0.2, -0.15) is 0 Å². The largest absolute Gasteiger partial charge is 0.258 e. The molecule has 0 atom stereocenters. The summed E-state index contributed by atoms with van der Waals surface area (Å²) in [6.45, 7) is 4.09. The van der Waals surface area contributed by atoms with E-state index in [1.165, 1.54) is 0 Å². The zero-order valence-electron chi connectivity index (χ0n) is 34.2. The van der Waals surface area contributed by atoms with E-state index in [0.717, 1.165) is 78.1 Å². The average Bonchev–Trinajstić information content (AvgIpc) is 3.34. The molecule has 0 spiro atoms. The van der Waals surface area contributed by atoms with E-state index < -0.39 is 0 Å². The molecule has 10 aromatic rings. The molecule has 0 fully saturated rings. The highest BCUT2D eigenvalue weighted by Crippen LogP contribution is 2.41. The topological polar surface area (TPSA) is 90.2 Å². The van der Waals surface area contributed by atoms with Gasteiger partial charge < -0.3 is 0 Å². The Morgan fingerprint density at radius 2 is 0.532 bits per heavy atom. The number of rotatable bonds is 9. The van der Waals surface area contributed by atoms with Crippen molar-refractivity contribution < 1.29 is 0 Å². The third-order valence-corrected chi connectivity index (χ3v) is 10.7. The molecule has 0 aliphatic carbocycles. The zero-order chi connectivity index (χ0) is 41.8. The number of nitrogens with zero attached hydrogens (tertiary/aromatic N) is 7. The lowest BCUT2D eigenvalue weighted by molar-refractivity contribution is 1.07. The van der Waals surface area contributed by atoms with Crippen LogP contribution in [-0.2, 0) is 0 Å². The van der Waals surface area contributed by atoms with E-state index in [-0.39, 0.29) is 0 Å². The van der Waals surface area contributed by atoms with Crippen molar-refractivity contribution in [1.82, 2.24) is 34.9 Å². The van der Waals surface area contributed by atoms with Crippen LogP contribution in [0, 0.1) is 13.8 Å². The molecule has 0 saturated heterocycles. The maximum Gasteiger partial charge on any atom is 0.164 e. The summed E-state index contributed by atoms with van der Waals surface area (Å²) in [5.74, 6) is 3.72. The monoisotopic (exact) mass is 797 g/mol. The van der Waals surface area contributed by atoms with Crippen molar-refractivity contribution >= 4 is 0 Å². The Kier molecular flexibility index (Phi) is 10.3. The molecule has 0 aliphatic rings. The summed E-state index contributed by atoms with van der Waals surface area (Å²) in [5, 5.41) is 0. The predicted molar refractivity (Wildman–Crippen MR) is 249 cm³/mol. The summed E-state index contributed by atoms with van der Waals surface area (Å²) in [5.41, 5.74) is 13.8. The first-order chi connectivity index (χ1) is 30.5. The van der Waals surface area contributed by atoms with Crippen LogP contribution in [0.15, 0.2) is 200 Å². The van der Waals surface area contributed by atoms with Crippen molar-refractivity contribution in [2.24, 2.45) is 0 Å². The molecule has 0 amide bonds. The molecule has 0 aliphatic heterocycles. The molecule has 0 unspecified atom stereocenters. The Hall–Kier alpha value is -8.29. The van der Waals surface area contributed by atoms with Crippen LogP contribution in [0.2, 0.25) is 0 Å². The van der Waals surface area contributed by atoms with Crippen molar-refractivity contribution in [3.63, 3.8) is 0 Å². The van der Waals surface area contributed by atoms with Crippen molar-refractivity contribution in [2.45, 2.75) is 13.8 Å². The van der Waals surface area contributed by atoms with E-state index in [1.807, 2.05) is 141 Å². The van der Waals surface area contributed by atoms with Gasteiger partial charge in [0.1, 0.15) is 0 Å². The number of pyridine rings is 1.